The zero-order valence-corrected chi connectivity index (χ0v) is 20.4. The Morgan fingerprint density at radius 3 is 2.72 bits per heavy atom. The summed E-state index contributed by atoms with van der Waals surface area (Å²) < 4.78 is 25.9. The topological polar surface area (TPSA) is 109 Å². The molecule has 192 valence electrons. The molecule has 0 saturated carbocycles. The normalized spacial score (nSPS) is 21.2. The molecular formula is C26H31FN4O5. The molecule has 2 aliphatic rings. The predicted octanol–water partition coefficient (Wildman–Crippen LogP) is 3.05. The van der Waals surface area contributed by atoms with Crippen LogP contribution in [0, 0.1) is 5.82 Å². The van der Waals surface area contributed by atoms with Gasteiger partial charge in [0.1, 0.15) is 24.3 Å². The maximum atomic E-state index is 13.8. The summed E-state index contributed by atoms with van der Waals surface area (Å²) in [5.74, 6) is -0.416. The van der Waals surface area contributed by atoms with Gasteiger partial charge in [-0.25, -0.2) is 9.18 Å². The second-order valence-electron chi connectivity index (χ2n) is 8.94. The molecule has 0 bridgehead atoms. The van der Waals surface area contributed by atoms with E-state index in [2.05, 4.69) is 16.0 Å². The third-order valence-electron chi connectivity index (χ3n) is 6.45. The SMILES string of the molecule is CCNC(=O)Nc1ccc2c(c1)C(=O)N(C)[C@H]1CC[C@@H](CC(=O)NCc3ccccc3F)O[C@@H]1CO2. The van der Waals surface area contributed by atoms with E-state index in [0.29, 0.717) is 42.0 Å². The molecule has 0 unspecified atom stereocenters. The van der Waals surface area contributed by atoms with Crippen molar-refractivity contribution in [2.24, 2.45) is 0 Å². The fraction of sp³-hybridized carbons (Fsp3) is 0.423. The van der Waals surface area contributed by atoms with Gasteiger partial charge in [-0.1, -0.05) is 18.2 Å². The van der Waals surface area contributed by atoms with E-state index in [9.17, 15) is 18.8 Å². The highest BCUT2D eigenvalue weighted by Gasteiger charge is 2.39. The Kier molecular flexibility index (Phi) is 8.04. The van der Waals surface area contributed by atoms with Crippen molar-refractivity contribution in [2.75, 3.05) is 25.5 Å². The number of likely N-dealkylation sites (N-methyl/N-ethyl adjacent to an activating group) is 1. The third-order valence-corrected chi connectivity index (χ3v) is 6.45. The Hall–Kier alpha value is -3.66. The molecule has 0 aromatic heterocycles. The average molecular weight is 499 g/mol. The Bertz CT molecular complexity index is 1130. The molecule has 1 saturated heterocycles. The van der Waals surface area contributed by atoms with Crippen molar-refractivity contribution < 1.29 is 28.2 Å². The van der Waals surface area contributed by atoms with E-state index in [4.69, 9.17) is 9.47 Å². The number of anilines is 1. The summed E-state index contributed by atoms with van der Waals surface area (Å²) in [4.78, 5) is 39.3. The molecule has 9 nitrogen and oxygen atoms in total. The zero-order chi connectivity index (χ0) is 25.7. The van der Waals surface area contributed by atoms with E-state index in [1.807, 2.05) is 6.92 Å². The second kappa shape index (κ2) is 11.4. The number of nitrogens with zero attached hydrogens (tertiary/aromatic N) is 1. The summed E-state index contributed by atoms with van der Waals surface area (Å²) in [5.41, 5.74) is 1.27. The third kappa shape index (κ3) is 5.93. The maximum Gasteiger partial charge on any atom is 0.319 e. The first kappa shape index (κ1) is 25.4. The first-order chi connectivity index (χ1) is 17.4. The van der Waals surface area contributed by atoms with Crippen LogP contribution in [0.1, 0.15) is 42.1 Å². The van der Waals surface area contributed by atoms with Gasteiger partial charge in [0.15, 0.2) is 0 Å². The van der Waals surface area contributed by atoms with E-state index in [1.54, 1.807) is 48.3 Å². The van der Waals surface area contributed by atoms with Crippen LogP contribution in [0.5, 0.6) is 5.75 Å². The number of fused-ring (bicyclic) bond motifs is 2. The number of carbonyl (C=O) groups excluding carboxylic acids is 3. The van der Waals surface area contributed by atoms with Gasteiger partial charge in [-0.3, -0.25) is 9.59 Å². The molecule has 0 radical (unpaired) electrons. The van der Waals surface area contributed by atoms with Crippen molar-refractivity contribution in [1.82, 2.24) is 15.5 Å². The van der Waals surface area contributed by atoms with Crippen LogP contribution in [-0.4, -0.2) is 61.2 Å². The number of urea groups is 1. The number of nitrogens with one attached hydrogen (secondary N) is 3. The molecule has 4 rings (SSSR count). The lowest BCUT2D eigenvalue weighted by molar-refractivity contribution is -0.134. The maximum absolute atomic E-state index is 13.8. The van der Waals surface area contributed by atoms with Crippen molar-refractivity contribution in [3.63, 3.8) is 0 Å². The fourth-order valence-corrected chi connectivity index (χ4v) is 4.56. The standard InChI is InChI=1S/C26H31FN4O5/c1-3-28-26(34)30-17-8-11-22-19(12-17)25(33)31(2)21-10-9-18(36-23(21)15-35-22)13-24(32)29-14-16-6-4-5-7-20(16)27/h4-8,11-12,18,21,23H,3,9-10,13-15H2,1-2H3,(H,29,32)(H2,28,30,34)/t18-,21-,23+/m0/s1. The van der Waals surface area contributed by atoms with E-state index in [-0.39, 0.29) is 55.4 Å². The smallest absolute Gasteiger partial charge is 0.319 e. The van der Waals surface area contributed by atoms with Crippen molar-refractivity contribution in [1.29, 1.82) is 0 Å². The number of benzene rings is 2. The molecule has 2 heterocycles. The van der Waals surface area contributed by atoms with Crippen molar-refractivity contribution >= 4 is 23.5 Å². The Morgan fingerprint density at radius 2 is 1.94 bits per heavy atom. The Morgan fingerprint density at radius 1 is 1.14 bits per heavy atom. The molecule has 0 aliphatic carbocycles. The Balaban J connectivity index is 1.38. The fourth-order valence-electron chi connectivity index (χ4n) is 4.56. The molecule has 2 aliphatic heterocycles. The van der Waals surface area contributed by atoms with Gasteiger partial charge in [-0.15, -0.1) is 0 Å². The molecule has 2 aromatic rings. The Labute approximate surface area is 209 Å². The first-order valence-corrected chi connectivity index (χ1v) is 12.1. The molecule has 3 N–H and O–H groups in total. The molecule has 2 aromatic carbocycles. The van der Waals surface area contributed by atoms with Crippen molar-refractivity contribution in [3.8, 4) is 5.75 Å². The molecule has 36 heavy (non-hydrogen) atoms. The van der Waals surface area contributed by atoms with Crippen LogP contribution in [0.25, 0.3) is 0 Å². The summed E-state index contributed by atoms with van der Waals surface area (Å²) >= 11 is 0. The predicted molar refractivity (Wildman–Crippen MR) is 131 cm³/mol. The quantitative estimate of drug-likeness (QED) is 0.567. The highest BCUT2D eigenvalue weighted by atomic mass is 19.1. The summed E-state index contributed by atoms with van der Waals surface area (Å²) in [6.07, 6.45) is 0.645. The summed E-state index contributed by atoms with van der Waals surface area (Å²) in [6.45, 7) is 2.63. The summed E-state index contributed by atoms with van der Waals surface area (Å²) in [6, 6.07) is 10.7. The molecule has 4 amide bonds. The van der Waals surface area contributed by atoms with Crippen LogP contribution in [-0.2, 0) is 16.1 Å². The molecular weight excluding hydrogens is 467 g/mol. The zero-order valence-electron chi connectivity index (χ0n) is 20.4. The number of halogens is 1. The first-order valence-electron chi connectivity index (χ1n) is 12.1. The largest absolute Gasteiger partial charge is 0.490 e. The van der Waals surface area contributed by atoms with Crippen LogP contribution >= 0.6 is 0 Å². The van der Waals surface area contributed by atoms with Crippen LogP contribution in [0.3, 0.4) is 0 Å². The number of ether oxygens (including phenoxy) is 2. The van der Waals surface area contributed by atoms with Gasteiger partial charge in [0, 0.05) is 31.4 Å². The lowest BCUT2D eigenvalue weighted by Crippen LogP contribution is -2.53. The minimum absolute atomic E-state index is 0.109. The van der Waals surface area contributed by atoms with Crippen LogP contribution in [0.15, 0.2) is 42.5 Å². The molecule has 0 spiro atoms. The lowest BCUT2D eigenvalue weighted by Gasteiger charge is -2.42. The number of hydrogen-bond acceptors (Lipinski definition) is 5. The molecule has 3 atom stereocenters. The minimum Gasteiger partial charge on any atom is -0.490 e. The number of rotatable bonds is 6. The van der Waals surface area contributed by atoms with E-state index >= 15 is 0 Å². The highest BCUT2D eigenvalue weighted by Crippen LogP contribution is 2.32. The molecule has 10 heteroatoms. The van der Waals surface area contributed by atoms with Crippen LogP contribution < -0.4 is 20.7 Å². The average Bonchev–Trinajstić information content (AvgIpc) is 2.86. The van der Waals surface area contributed by atoms with Gasteiger partial charge < -0.3 is 30.3 Å². The monoisotopic (exact) mass is 498 g/mol. The number of amides is 4. The van der Waals surface area contributed by atoms with Gasteiger partial charge in [0.25, 0.3) is 5.91 Å². The van der Waals surface area contributed by atoms with Gasteiger partial charge in [-0.05, 0) is 44.0 Å². The van der Waals surface area contributed by atoms with Gasteiger partial charge >= 0.3 is 6.03 Å². The van der Waals surface area contributed by atoms with Crippen molar-refractivity contribution in [3.05, 3.63) is 59.4 Å². The van der Waals surface area contributed by atoms with Crippen LogP contribution in [0.2, 0.25) is 0 Å². The summed E-state index contributed by atoms with van der Waals surface area (Å²) in [5, 5.41) is 8.11. The number of carbonyl (C=O) groups is 3. The number of hydrogen-bond donors (Lipinski definition) is 3. The lowest BCUT2D eigenvalue weighted by atomic mass is 9.94. The van der Waals surface area contributed by atoms with Gasteiger partial charge in [0.05, 0.1) is 24.1 Å². The van der Waals surface area contributed by atoms with Gasteiger partial charge in [-0.2, -0.15) is 0 Å². The van der Waals surface area contributed by atoms with Crippen molar-refractivity contribution in [2.45, 2.75) is 51.0 Å². The van der Waals surface area contributed by atoms with Crippen LogP contribution in [0.4, 0.5) is 14.9 Å². The van der Waals surface area contributed by atoms with Gasteiger partial charge in [0.2, 0.25) is 5.91 Å². The minimum atomic E-state index is -0.404. The summed E-state index contributed by atoms with van der Waals surface area (Å²) in [7, 11) is 1.73. The van der Waals surface area contributed by atoms with E-state index in [0.717, 1.165) is 0 Å². The van der Waals surface area contributed by atoms with E-state index in [1.165, 1.54) is 6.07 Å². The molecule has 1 fully saturated rings. The van der Waals surface area contributed by atoms with E-state index < -0.39 is 6.10 Å². The second-order valence-corrected chi connectivity index (χ2v) is 8.94. The highest BCUT2D eigenvalue weighted by molar-refractivity contribution is 5.99.